The Hall–Kier alpha value is -1.49. The molecule has 6 heteroatoms. The average molecular weight is 289 g/mol. The zero-order valence-corrected chi connectivity index (χ0v) is 11.4. The summed E-state index contributed by atoms with van der Waals surface area (Å²) >= 11 is 5.94. The molecule has 2 rings (SSSR count). The Morgan fingerprint density at radius 1 is 1.37 bits per heavy atom. The second-order valence-electron chi connectivity index (χ2n) is 4.53. The van der Waals surface area contributed by atoms with Gasteiger partial charge in [-0.25, -0.2) is 0 Å². The molecule has 1 aromatic carbocycles. The van der Waals surface area contributed by atoms with Crippen LogP contribution in [0.4, 0.5) is 4.39 Å². The van der Waals surface area contributed by atoms with Gasteiger partial charge in [0.1, 0.15) is 0 Å². The molecule has 1 aliphatic rings. The second-order valence-corrected chi connectivity index (χ2v) is 4.93. The topological polar surface area (TPSA) is 55.8 Å². The van der Waals surface area contributed by atoms with Crippen molar-refractivity contribution in [3.63, 3.8) is 0 Å². The van der Waals surface area contributed by atoms with Gasteiger partial charge >= 0.3 is 5.97 Å². The predicted molar refractivity (Wildman–Crippen MR) is 67.7 cm³/mol. The maximum Gasteiger partial charge on any atom is 0.314 e. The molecule has 0 aromatic heterocycles. The lowest BCUT2D eigenvalue weighted by molar-refractivity contribution is -0.147. The van der Waals surface area contributed by atoms with Crippen LogP contribution in [-0.2, 0) is 10.2 Å². The van der Waals surface area contributed by atoms with Crippen LogP contribution in [0.3, 0.4) is 0 Å². The van der Waals surface area contributed by atoms with Gasteiger partial charge in [0.15, 0.2) is 11.5 Å². The van der Waals surface area contributed by atoms with Gasteiger partial charge in [-0.2, -0.15) is 4.39 Å². The van der Waals surface area contributed by atoms with E-state index in [9.17, 15) is 14.3 Å². The quantitative estimate of drug-likeness (QED) is 0.925. The molecule has 19 heavy (non-hydrogen) atoms. The summed E-state index contributed by atoms with van der Waals surface area (Å²) in [6.45, 7) is 0. The second kappa shape index (κ2) is 4.89. The molecule has 0 amide bonds. The van der Waals surface area contributed by atoms with E-state index in [0.29, 0.717) is 12.8 Å². The number of carbonyl (C=O) groups is 1. The van der Waals surface area contributed by atoms with E-state index in [0.717, 1.165) is 6.42 Å². The highest BCUT2D eigenvalue weighted by Gasteiger charge is 2.49. The van der Waals surface area contributed by atoms with Gasteiger partial charge in [-0.1, -0.05) is 18.0 Å². The highest BCUT2D eigenvalue weighted by Crippen LogP contribution is 2.50. The molecular weight excluding hydrogens is 275 g/mol. The number of halogens is 2. The van der Waals surface area contributed by atoms with E-state index in [1.54, 1.807) is 0 Å². The van der Waals surface area contributed by atoms with Crippen molar-refractivity contribution in [2.75, 3.05) is 14.2 Å². The number of carboxylic acids is 1. The fourth-order valence-corrected chi connectivity index (χ4v) is 2.72. The van der Waals surface area contributed by atoms with Crippen molar-refractivity contribution in [1.82, 2.24) is 0 Å². The molecule has 1 saturated carbocycles. The zero-order valence-electron chi connectivity index (χ0n) is 10.6. The number of hydrogen-bond acceptors (Lipinski definition) is 3. The Kier molecular flexibility index (Phi) is 3.58. The molecule has 0 radical (unpaired) electrons. The number of hydrogen-bond donors (Lipinski definition) is 1. The van der Waals surface area contributed by atoms with Crippen LogP contribution < -0.4 is 9.47 Å². The van der Waals surface area contributed by atoms with Gasteiger partial charge < -0.3 is 14.6 Å². The van der Waals surface area contributed by atoms with Crippen molar-refractivity contribution < 1.29 is 23.8 Å². The van der Waals surface area contributed by atoms with Crippen LogP contribution in [0, 0.1) is 5.82 Å². The third-order valence-corrected chi connectivity index (χ3v) is 3.95. The highest BCUT2D eigenvalue weighted by molar-refractivity contribution is 6.32. The molecular formula is C13H14ClFO4. The average Bonchev–Trinajstić information content (AvgIpc) is 2.27. The molecule has 0 unspecified atom stereocenters. The van der Waals surface area contributed by atoms with Crippen LogP contribution in [0.2, 0.25) is 5.02 Å². The van der Waals surface area contributed by atoms with Gasteiger partial charge in [0.25, 0.3) is 0 Å². The van der Waals surface area contributed by atoms with Crippen molar-refractivity contribution in [2.24, 2.45) is 0 Å². The smallest absolute Gasteiger partial charge is 0.314 e. The molecule has 4 nitrogen and oxygen atoms in total. The molecule has 104 valence electrons. The minimum atomic E-state index is -1.11. The van der Waals surface area contributed by atoms with Crippen LogP contribution >= 0.6 is 11.6 Å². The van der Waals surface area contributed by atoms with Gasteiger partial charge in [-0.15, -0.1) is 0 Å². The van der Waals surface area contributed by atoms with E-state index in [2.05, 4.69) is 0 Å². The summed E-state index contributed by atoms with van der Waals surface area (Å²) in [6, 6.07) is 1.43. The van der Waals surface area contributed by atoms with Crippen molar-refractivity contribution in [3.8, 4) is 11.5 Å². The van der Waals surface area contributed by atoms with Gasteiger partial charge in [0.05, 0.1) is 24.7 Å². The standard InChI is InChI=1S/C13H14ClFO4/c1-18-10-7(13(12(16)17)4-3-5-13)6-8(14)11(19-2)9(10)15/h6H,3-5H2,1-2H3,(H,16,17). The summed E-state index contributed by atoms with van der Waals surface area (Å²) in [5, 5.41) is 9.46. The van der Waals surface area contributed by atoms with E-state index in [-0.39, 0.29) is 22.1 Å². The Morgan fingerprint density at radius 3 is 2.32 bits per heavy atom. The van der Waals surface area contributed by atoms with Crippen LogP contribution in [0.5, 0.6) is 11.5 Å². The largest absolute Gasteiger partial charge is 0.493 e. The number of aliphatic carboxylic acids is 1. The third-order valence-electron chi connectivity index (χ3n) is 3.67. The summed E-state index contributed by atoms with van der Waals surface area (Å²) in [7, 11) is 2.59. The predicted octanol–water partition coefficient (Wildman–Crippen LogP) is 3.00. The first kappa shape index (κ1) is 13.9. The monoisotopic (exact) mass is 288 g/mol. The minimum absolute atomic E-state index is 0.0447. The normalized spacial score (nSPS) is 16.6. The fourth-order valence-electron chi connectivity index (χ4n) is 2.45. The van der Waals surface area contributed by atoms with Crippen molar-refractivity contribution in [2.45, 2.75) is 24.7 Å². The molecule has 0 spiro atoms. The van der Waals surface area contributed by atoms with Gasteiger partial charge in [0, 0.05) is 5.56 Å². The van der Waals surface area contributed by atoms with E-state index in [1.165, 1.54) is 20.3 Å². The van der Waals surface area contributed by atoms with Crippen molar-refractivity contribution >= 4 is 17.6 Å². The lowest BCUT2D eigenvalue weighted by Gasteiger charge is -2.39. The Bertz CT molecular complexity index is 526. The number of carboxylic acid groups (broad SMARTS) is 1. The first-order valence-corrected chi connectivity index (χ1v) is 6.19. The number of ether oxygens (including phenoxy) is 2. The number of methoxy groups -OCH3 is 2. The molecule has 1 aromatic rings. The SMILES string of the molecule is COc1c(Cl)cc(C2(C(=O)O)CCC2)c(OC)c1F. The summed E-state index contributed by atoms with van der Waals surface area (Å²) in [5.41, 5.74) is -0.834. The molecule has 0 bridgehead atoms. The molecule has 1 aliphatic carbocycles. The molecule has 1 fully saturated rings. The lowest BCUT2D eigenvalue weighted by atomic mass is 9.64. The van der Waals surface area contributed by atoms with E-state index in [4.69, 9.17) is 21.1 Å². The summed E-state index contributed by atoms with van der Waals surface area (Å²) in [6.07, 6.45) is 1.67. The van der Waals surface area contributed by atoms with Crippen LogP contribution in [0.25, 0.3) is 0 Å². The number of rotatable bonds is 4. The Morgan fingerprint density at radius 2 is 1.95 bits per heavy atom. The minimum Gasteiger partial charge on any atom is -0.493 e. The number of benzene rings is 1. The van der Waals surface area contributed by atoms with Gasteiger partial charge in [-0.05, 0) is 18.9 Å². The van der Waals surface area contributed by atoms with E-state index >= 15 is 0 Å². The third kappa shape index (κ3) is 1.92. The first-order valence-electron chi connectivity index (χ1n) is 5.81. The van der Waals surface area contributed by atoms with Crippen LogP contribution in [0.15, 0.2) is 6.07 Å². The first-order chi connectivity index (χ1) is 8.97. The molecule has 0 heterocycles. The Balaban J connectivity index is 2.67. The van der Waals surface area contributed by atoms with E-state index < -0.39 is 17.2 Å². The molecule has 0 aliphatic heterocycles. The maximum absolute atomic E-state index is 14.2. The molecule has 1 N–H and O–H groups in total. The summed E-state index contributed by atoms with van der Waals surface area (Å²) in [4.78, 5) is 11.5. The van der Waals surface area contributed by atoms with E-state index in [1.807, 2.05) is 0 Å². The maximum atomic E-state index is 14.2. The van der Waals surface area contributed by atoms with Gasteiger partial charge in [0.2, 0.25) is 5.82 Å². The summed E-state index contributed by atoms with van der Waals surface area (Å²) < 4.78 is 24.1. The fraction of sp³-hybridized carbons (Fsp3) is 0.462. The lowest BCUT2D eigenvalue weighted by Crippen LogP contribution is -2.42. The van der Waals surface area contributed by atoms with Crippen LogP contribution in [-0.4, -0.2) is 25.3 Å². The zero-order chi connectivity index (χ0) is 14.2. The Labute approximate surface area is 115 Å². The van der Waals surface area contributed by atoms with Crippen molar-refractivity contribution in [3.05, 3.63) is 22.5 Å². The molecule has 0 saturated heterocycles. The summed E-state index contributed by atoms with van der Waals surface area (Å²) in [5.74, 6) is -2.00. The van der Waals surface area contributed by atoms with Crippen molar-refractivity contribution in [1.29, 1.82) is 0 Å². The van der Waals surface area contributed by atoms with Gasteiger partial charge in [-0.3, -0.25) is 4.79 Å². The highest BCUT2D eigenvalue weighted by atomic mass is 35.5. The molecule has 0 atom stereocenters. The van der Waals surface area contributed by atoms with Crippen LogP contribution in [0.1, 0.15) is 24.8 Å².